The van der Waals surface area contributed by atoms with Crippen LogP contribution >= 0.6 is 0 Å². The summed E-state index contributed by atoms with van der Waals surface area (Å²) in [7, 11) is 0. The molecule has 1 fully saturated rings. The molecular weight excluding hydrogens is 518 g/mol. The van der Waals surface area contributed by atoms with Crippen LogP contribution in [0.15, 0.2) is 78.9 Å². The minimum absolute atomic E-state index is 0. The number of amides is 2. The molecule has 212 valence electrons. The maximum Gasteiger partial charge on any atom is 0.304 e. The van der Waals surface area contributed by atoms with Gasteiger partial charge in [-0.1, -0.05) is 56.0 Å². The number of ketones is 1. The molecule has 3 aromatic carbocycles. The zero-order valence-corrected chi connectivity index (χ0v) is 22.2. The average Bonchev–Trinajstić information content (AvgIpc) is 3.59. The fourth-order valence-electron chi connectivity index (χ4n) is 5.48. The molecule has 0 radical (unpaired) electrons. The molecule has 0 bridgehead atoms. The molecule has 1 aliphatic heterocycles. The number of nitrogens with one attached hydrogen (secondary N) is 2. The summed E-state index contributed by atoms with van der Waals surface area (Å²) < 4.78 is 0. The van der Waals surface area contributed by atoms with E-state index >= 15 is 0 Å². The standard InChI is InChI=1S/C32H31N3O5.CH4/c1-20(36)33-25-12-10-23(11-13-25)28-18-24-16-21(9-14-27(24)34-28)17-30(37)29-8-5-15-35(29)32(40)26(19-31(38)39)22-6-3-2-4-7-22;/h2-4,6-7,9-14,16,18,26,29,34H,5,8,15,17,19H2,1H3,(H,33,36)(H,38,39);1H4/t26-,29+;/m1./s1. The molecule has 0 spiro atoms. The van der Waals surface area contributed by atoms with Crippen LogP contribution in [-0.2, 0) is 25.6 Å². The van der Waals surface area contributed by atoms with Gasteiger partial charge >= 0.3 is 5.97 Å². The second-order valence-electron chi connectivity index (χ2n) is 10.3. The third-order valence-electron chi connectivity index (χ3n) is 7.37. The number of benzene rings is 3. The molecule has 5 rings (SSSR count). The number of hydrogen-bond acceptors (Lipinski definition) is 4. The highest BCUT2D eigenvalue weighted by molar-refractivity contribution is 5.95. The largest absolute Gasteiger partial charge is 0.481 e. The normalized spacial score (nSPS) is 15.2. The van der Waals surface area contributed by atoms with E-state index in [1.165, 1.54) is 6.92 Å². The average molecular weight is 554 g/mol. The Bertz CT molecular complexity index is 1560. The molecular formula is C33H35N3O5. The summed E-state index contributed by atoms with van der Waals surface area (Å²) in [6.07, 6.45) is 1.15. The Labute approximate surface area is 239 Å². The number of aliphatic carboxylic acids is 1. The number of aromatic nitrogens is 1. The molecule has 1 aromatic heterocycles. The van der Waals surface area contributed by atoms with Gasteiger partial charge in [-0.3, -0.25) is 19.2 Å². The van der Waals surface area contributed by atoms with E-state index in [2.05, 4.69) is 10.3 Å². The number of carboxylic acid groups (broad SMARTS) is 1. The Morgan fingerprint density at radius 1 is 1.00 bits per heavy atom. The van der Waals surface area contributed by atoms with Crippen molar-refractivity contribution in [2.24, 2.45) is 0 Å². The third kappa shape index (κ3) is 6.72. The van der Waals surface area contributed by atoms with E-state index in [0.29, 0.717) is 24.9 Å². The van der Waals surface area contributed by atoms with E-state index in [1.807, 2.05) is 54.6 Å². The van der Waals surface area contributed by atoms with Gasteiger partial charge < -0.3 is 20.3 Å². The van der Waals surface area contributed by atoms with Gasteiger partial charge in [-0.15, -0.1) is 0 Å². The molecule has 1 saturated heterocycles. The number of carboxylic acids is 1. The first-order chi connectivity index (χ1) is 19.3. The Morgan fingerprint density at radius 3 is 2.41 bits per heavy atom. The van der Waals surface area contributed by atoms with Crippen molar-refractivity contribution >= 4 is 40.2 Å². The first-order valence-corrected chi connectivity index (χ1v) is 13.4. The lowest BCUT2D eigenvalue weighted by atomic mass is 9.93. The lowest BCUT2D eigenvalue weighted by Crippen LogP contribution is -2.43. The van der Waals surface area contributed by atoms with Crippen molar-refractivity contribution in [3.05, 3.63) is 90.0 Å². The number of H-pyrrole nitrogens is 1. The molecule has 0 unspecified atom stereocenters. The van der Waals surface area contributed by atoms with Crippen LogP contribution in [0.2, 0.25) is 0 Å². The van der Waals surface area contributed by atoms with Gasteiger partial charge in [0.15, 0.2) is 5.78 Å². The molecule has 2 amide bonds. The van der Waals surface area contributed by atoms with Crippen LogP contribution < -0.4 is 5.32 Å². The van der Waals surface area contributed by atoms with Gasteiger partial charge in [0.05, 0.1) is 18.4 Å². The second kappa shape index (κ2) is 12.6. The molecule has 8 nitrogen and oxygen atoms in total. The number of carbonyl (C=O) groups is 4. The summed E-state index contributed by atoms with van der Waals surface area (Å²) in [6, 6.07) is 23.8. The number of likely N-dealkylation sites (tertiary alicyclic amines) is 1. The lowest BCUT2D eigenvalue weighted by Gasteiger charge is -2.28. The molecule has 3 N–H and O–H groups in total. The van der Waals surface area contributed by atoms with Crippen molar-refractivity contribution in [1.29, 1.82) is 0 Å². The molecule has 2 heterocycles. The Morgan fingerprint density at radius 2 is 1.73 bits per heavy atom. The zero-order chi connectivity index (χ0) is 28.2. The van der Waals surface area contributed by atoms with Crippen molar-refractivity contribution < 1.29 is 24.3 Å². The summed E-state index contributed by atoms with van der Waals surface area (Å²) in [5.74, 6) is -2.35. The first kappa shape index (κ1) is 29.3. The molecule has 1 aliphatic rings. The van der Waals surface area contributed by atoms with Crippen LogP contribution in [0.25, 0.3) is 22.2 Å². The fourth-order valence-corrected chi connectivity index (χ4v) is 5.48. The Hall–Kier alpha value is -4.72. The van der Waals surface area contributed by atoms with E-state index in [0.717, 1.165) is 33.4 Å². The number of Topliss-reactive ketones (excluding diaryl/α,β-unsaturated/α-hetero) is 1. The van der Waals surface area contributed by atoms with Gasteiger partial charge in [-0.05, 0) is 59.9 Å². The number of rotatable bonds is 9. The minimum atomic E-state index is -1.05. The number of carbonyl (C=O) groups excluding carboxylic acids is 3. The number of fused-ring (bicyclic) bond motifs is 1. The van der Waals surface area contributed by atoms with Gasteiger partial charge in [-0.25, -0.2) is 0 Å². The Balaban J connectivity index is 0.00000387. The molecule has 41 heavy (non-hydrogen) atoms. The summed E-state index contributed by atoms with van der Waals surface area (Å²) in [6.45, 7) is 1.91. The summed E-state index contributed by atoms with van der Waals surface area (Å²) in [5, 5.41) is 13.2. The highest BCUT2D eigenvalue weighted by Gasteiger charge is 2.38. The zero-order valence-electron chi connectivity index (χ0n) is 22.2. The molecule has 0 saturated carbocycles. The van der Waals surface area contributed by atoms with Crippen LogP contribution in [0.3, 0.4) is 0 Å². The third-order valence-corrected chi connectivity index (χ3v) is 7.37. The predicted octanol–water partition coefficient (Wildman–Crippen LogP) is 5.79. The molecule has 0 aliphatic carbocycles. The molecule has 4 aromatic rings. The number of nitrogens with zero attached hydrogens (tertiary/aromatic N) is 1. The second-order valence-corrected chi connectivity index (χ2v) is 10.3. The maximum absolute atomic E-state index is 13.5. The van der Waals surface area contributed by atoms with Gasteiger partial charge in [-0.2, -0.15) is 0 Å². The monoisotopic (exact) mass is 553 g/mol. The van der Waals surface area contributed by atoms with E-state index in [9.17, 15) is 24.3 Å². The maximum atomic E-state index is 13.5. The van der Waals surface area contributed by atoms with Gasteiger partial charge in [0.2, 0.25) is 11.8 Å². The van der Waals surface area contributed by atoms with Crippen LogP contribution in [0, 0.1) is 0 Å². The van der Waals surface area contributed by atoms with Crippen molar-refractivity contribution in [1.82, 2.24) is 9.88 Å². The quantitative estimate of drug-likeness (QED) is 0.242. The van der Waals surface area contributed by atoms with E-state index in [1.54, 1.807) is 29.2 Å². The first-order valence-electron chi connectivity index (χ1n) is 13.4. The van der Waals surface area contributed by atoms with Gasteiger partial charge in [0, 0.05) is 42.2 Å². The highest BCUT2D eigenvalue weighted by Crippen LogP contribution is 2.30. The van der Waals surface area contributed by atoms with Crippen molar-refractivity contribution in [2.75, 3.05) is 11.9 Å². The van der Waals surface area contributed by atoms with Crippen molar-refractivity contribution in [3.63, 3.8) is 0 Å². The van der Waals surface area contributed by atoms with Crippen LogP contribution in [0.5, 0.6) is 0 Å². The molecule has 8 heteroatoms. The smallest absolute Gasteiger partial charge is 0.304 e. The van der Waals surface area contributed by atoms with Gasteiger partial charge in [0.25, 0.3) is 0 Å². The Kier molecular flexibility index (Phi) is 9.02. The van der Waals surface area contributed by atoms with E-state index < -0.39 is 17.9 Å². The van der Waals surface area contributed by atoms with E-state index in [4.69, 9.17) is 0 Å². The fraction of sp³-hybridized carbons (Fsp3) is 0.273. The number of aromatic amines is 1. The summed E-state index contributed by atoms with van der Waals surface area (Å²) in [4.78, 5) is 54.8. The topological polar surface area (TPSA) is 120 Å². The predicted molar refractivity (Wildman–Crippen MR) is 160 cm³/mol. The van der Waals surface area contributed by atoms with E-state index in [-0.39, 0.29) is 37.9 Å². The number of hydrogen-bond donors (Lipinski definition) is 3. The minimum Gasteiger partial charge on any atom is -0.481 e. The van der Waals surface area contributed by atoms with Crippen LogP contribution in [-0.4, -0.2) is 51.1 Å². The van der Waals surface area contributed by atoms with Crippen molar-refractivity contribution in [2.45, 2.75) is 52.0 Å². The van der Waals surface area contributed by atoms with Gasteiger partial charge in [0.1, 0.15) is 0 Å². The summed E-state index contributed by atoms with van der Waals surface area (Å²) >= 11 is 0. The van der Waals surface area contributed by atoms with Crippen molar-refractivity contribution in [3.8, 4) is 11.3 Å². The number of anilines is 1. The van der Waals surface area contributed by atoms with Crippen LogP contribution in [0.4, 0.5) is 5.69 Å². The SMILES string of the molecule is C.CC(=O)Nc1ccc(-c2cc3cc(CC(=O)[C@@H]4CCCN4C(=O)[C@H](CC(=O)O)c4ccccc4)ccc3[nH]2)cc1. The van der Waals surface area contributed by atoms with Crippen LogP contribution in [0.1, 0.15) is 50.7 Å². The molecule has 2 atom stereocenters. The highest BCUT2D eigenvalue weighted by atomic mass is 16.4. The summed E-state index contributed by atoms with van der Waals surface area (Å²) in [5.41, 5.74) is 5.06. The lowest BCUT2D eigenvalue weighted by molar-refractivity contribution is -0.143.